The summed E-state index contributed by atoms with van der Waals surface area (Å²) in [5.41, 5.74) is 2.06. The summed E-state index contributed by atoms with van der Waals surface area (Å²) in [6.45, 7) is 0. The first-order valence-electron chi connectivity index (χ1n) is 4.97. The Labute approximate surface area is 107 Å². The predicted molar refractivity (Wildman–Crippen MR) is 70.1 cm³/mol. The van der Waals surface area contributed by atoms with E-state index in [1.165, 1.54) is 0 Å². The van der Waals surface area contributed by atoms with Crippen LogP contribution in [0.5, 0.6) is 0 Å². The molecule has 0 heterocycles. The standard InChI is InChI=1S/C13H10BNO.2H2O/c14-11-6-8-12(9-7-11)15-13(16)10-4-2-1-3-5-10;;/h1-9H,(H,15,16);2*1H2/q+2;;/p-2. The number of benzene rings is 2. The summed E-state index contributed by atoms with van der Waals surface area (Å²) < 4.78 is 0. The van der Waals surface area contributed by atoms with Crippen LogP contribution in [0.3, 0.4) is 0 Å². The largest absolute Gasteiger partial charge is 0.870 e. The molecule has 3 N–H and O–H groups in total. The Kier molecular flexibility index (Phi) is 6.42. The summed E-state index contributed by atoms with van der Waals surface area (Å²) in [6, 6.07) is 16.1. The van der Waals surface area contributed by atoms with Gasteiger partial charge in [0.2, 0.25) is 0 Å². The molecule has 0 aliphatic carbocycles. The molecule has 0 radical (unpaired) electrons. The number of hydrogen-bond donors (Lipinski definition) is 1. The van der Waals surface area contributed by atoms with E-state index in [1.54, 1.807) is 36.4 Å². The van der Waals surface area contributed by atoms with E-state index in [1.807, 2.05) is 18.2 Å². The summed E-state index contributed by atoms with van der Waals surface area (Å²) >= 11 is 0. The molecule has 0 saturated heterocycles. The summed E-state index contributed by atoms with van der Waals surface area (Å²) in [5, 5.41) is 2.79. The monoisotopic (exact) mass is 241 g/mol. The molecule has 5 heteroatoms. The Morgan fingerprint density at radius 1 is 0.889 bits per heavy atom. The minimum Gasteiger partial charge on any atom is -0.870 e. The molecule has 2 aromatic rings. The van der Waals surface area contributed by atoms with Gasteiger partial charge in [-0.1, -0.05) is 0 Å². The molecule has 18 heavy (non-hydrogen) atoms. The second-order valence-corrected chi connectivity index (χ2v) is 3.44. The van der Waals surface area contributed by atoms with Gasteiger partial charge in [-0.2, -0.15) is 0 Å². The van der Waals surface area contributed by atoms with Crippen LogP contribution in [0.4, 0.5) is 5.69 Å². The predicted octanol–water partition coefficient (Wildman–Crippen LogP) is 1.38. The Balaban J connectivity index is 0.00000144. The topological polar surface area (TPSA) is 89.1 Å². The third-order valence-electron chi connectivity index (χ3n) is 2.20. The second-order valence-electron chi connectivity index (χ2n) is 3.44. The third kappa shape index (κ3) is 4.05. The van der Waals surface area contributed by atoms with Crippen molar-refractivity contribution in [2.75, 3.05) is 5.32 Å². The number of nitrogens with one attached hydrogen (secondary N) is 1. The van der Waals surface area contributed by atoms with Crippen molar-refractivity contribution in [3.8, 4) is 0 Å². The van der Waals surface area contributed by atoms with Crippen LogP contribution in [-0.2, 0) is 0 Å². The van der Waals surface area contributed by atoms with E-state index in [2.05, 4.69) is 5.32 Å². The van der Waals surface area contributed by atoms with Gasteiger partial charge in [-0.3, -0.25) is 0 Å². The summed E-state index contributed by atoms with van der Waals surface area (Å²) in [5.74, 6) is -0.120. The van der Waals surface area contributed by atoms with Crippen LogP contribution in [-0.4, -0.2) is 24.7 Å². The summed E-state index contributed by atoms with van der Waals surface area (Å²) in [4.78, 5) is 11.8. The maximum absolute atomic E-state index is 11.8. The first-order valence-corrected chi connectivity index (χ1v) is 4.97. The Hall–Kier alpha value is -2.11. The number of anilines is 1. The quantitative estimate of drug-likeness (QED) is 0.805. The maximum Gasteiger partial charge on any atom is -0.870 e. The smallest absolute Gasteiger partial charge is 0.870 e. The molecule has 0 atom stereocenters. The van der Waals surface area contributed by atoms with Crippen LogP contribution in [0.15, 0.2) is 54.6 Å². The minimum absolute atomic E-state index is 0. The van der Waals surface area contributed by atoms with Crippen LogP contribution in [0.25, 0.3) is 0 Å². The Morgan fingerprint density at radius 3 is 2.00 bits per heavy atom. The molecule has 4 nitrogen and oxygen atoms in total. The van der Waals surface area contributed by atoms with Gasteiger partial charge in [0.05, 0.1) is 0 Å². The van der Waals surface area contributed by atoms with Crippen molar-refractivity contribution >= 4 is 24.9 Å². The number of carbonyl (C=O) groups excluding carboxylic acids is 1. The number of amides is 1. The van der Waals surface area contributed by atoms with E-state index in [4.69, 9.17) is 7.85 Å². The average molecular weight is 241 g/mol. The van der Waals surface area contributed by atoms with E-state index < -0.39 is 0 Å². The van der Waals surface area contributed by atoms with Crippen molar-refractivity contribution in [2.45, 2.75) is 0 Å². The maximum atomic E-state index is 11.8. The normalized spacial score (nSPS) is 8.78. The third-order valence-corrected chi connectivity index (χ3v) is 2.20. The van der Waals surface area contributed by atoms with Gasteiger partial charge in [0, 0.05) is 0 Å². The molecule has 1 amide bonds. The Morgan fingerprint density at radius 2 is 1.44 bits per heavy atom. The van der Waals surface area contributed by atoms with Gasteiger partial charge in [0.1, 0.15) is 0 Å². The van der Waals surface area contributed by atoms with E-state index in [0.717, 1.165) is 5.69 Å². The molecule has 0 aliphatic heterocycles. The van der Waals surface area contributed by atoms with Crippen LogP contribution in [0.1, 0.15) is 10.4 Å². The van der Waals surface area contributed by atoms with Crippen molar-refractivity contribution < 1.29 is 15.7 Å². The van der Waals surface area contributed by atoms with Crippen molar-refractivity contribution in [1.82, 2.24) is 0 Å². The zero-order valence-electron chi connectivity index (χ0n) is 9.58. The fourth-order valence-corrected chi connectivity index (χ4v) is 1.36. The van der Waals surface area contributed by atoms with E-state index in [9.17, 15) is 4.79 Å². The molecule has 0 aromatic heterocycles. The Bertz CT molecular complexity index is 485. The van der Waals surface area contributed by atoms with Gasteiger partial charge in [0.25, 0.3) is 0 Å². The molecule has 0 unspecified atom stereocenters. The van der Waals surface area contributed by atoms with Crippen LogP contribution in [0, 0.1) is 0 Å². The number of hydrogen-bond acceptors (Lipinski definition) is 3. The van der Waals surface area contributed by atoms with Gasteiger partial charge >= 0.3 is 95.2 Å². The van der Waals surface area contributed by atoms with E-state index >= 15 is 0 Å². The molecule has 0 aliphatic rings. The van der Waals surface area contributed by atoms with Crippen molar-refractivity contribution in [3.05, 3.63) is 60.2 Å². The molecule has 2 rings (SSSR count). The molecular formula is C13H12BNO3. The summed E-state index contributed by atoms with van der Waals surface area (Å²) in [7, 11) is 5.56. The van der Waals surface area contributed by atoms with Crippen LogP contribution >= 0.6 is 0 Å². The average Bonchev–Trinajstić information content (AvgIpc) is 2.33. The zero-order valence-corrected chi connectivity index (χ0v) is 9.58. The van der Waals surface area contributed by atoms with Crippen LogP contribution in [0.2, 0.25) is 0 Å². The minimum atomic E-state index is -0.120. The second kappa shape index (κ2) is 7.27. The van der Waals surface area contributed by atoms with Gasteiger partial charge in [-0.05, 0) is 0 Å². The van der Waals surface area contributed by atoms with E-state index in [0.29, 0.717) is 11.0 Å². The van der Waals surface area contributed by atoms with Gasteiger partial charge in [-0.15, -0.1) is 0 Å². The van der Waals surface area contributed by atoms with Crippen LogP contribution < -0.4 is 10.8 Å². The fourth-order valence-electron chi connectivity index (χ4n) is 1.36. The van der Waals surface area contributed by atoms with Gasteiger partial charge < -0.3 is 11.0 Å². The number of carbonyl (C=O) groups is 1. The molecule has 0 bridgehead atoms. The molecule has 0 spiro atoms. The first-order chi connectivity index (χ1) is 7.75. The van der Waals surface area contributed by atoms with Crippen molar-refractivity contribution in [3.63, 3.8) is 0 Å². The fraction of sp³-hybridized carbons (Fsp3) is 0. The summed E-state index contributed by atoms with van der Waals surface area (Å²) in [6.07, 6.45) is 0. The molecule has 0 fully saturated rings. The first kappa shape index (κ1) is 15.9. The number of rotatable bonds is 2. The van der Waals surface area contributed by atoms with Crippen molar-refractivity contribution in [1.29, 1.82) is 0 Å². The molecule has 90 valence electrons. The van der Waals surface area contributed by atoms with Gasteiger partial charge in [-0.25, -0.2) is 0 Å². The van der Waals surface area contributed by atoms with Crippen molar-refractivity contribution in [2.24, 2.45) is 0 Å². The molecule has 0 saturated carbocycles. The zero-order chi connectivity index (χ0) is 11.4. The van der Waals surface area contributed by atoms with Gasteiger partial charge in [0.15, 0.2) is 0 Å². The van der Waals surface area contributed by atoms with E-state index in [-0.39, 0.29) is 16.9 Å². The SMILES string of the molecule is [B+2]c1ccc(NC(=O)c2ccccc2)cc1.[OH-].[OH-]. The molecular weight excluding hydrogens is 229 g/mol. The molecule has 2 aromatic carbocycles.